The highest BCUT2D eigenvalue weighted by Gasteiger charge is 2.22. The molecule has 0 radical (unpaired) electrons. The number of hydrogen-bond acceptors (Lipinski definition) is 0. The first-order valence-corrected chi connectivity index (χ1v) is 25.2. The molecule has 2 unspecified atom stereocenters. The Morgan fingerprint density at radius 3 is 1.27 bits per heavy atom. The Labute approximate surface area is 479 Å². The molecule has 0 spiro atoms. The minimum Gasteiger partial charge on any atom is -0.201 e. The van der Waals surface area contributed by atoms with Crippen LogP contribution in [0.2, 0.25) is 0 Å². The molecule has 4 aromatic carbocycles. The monoisotopic (exact) mass is 1010 g/mol. The lowest BCUT2D eigenvalue weighted by atomic mass is 9.91. The van der Waals surface area contributed by atoms with Gasteiger partial charge >= 0.3 is 0 Å². The molecule has 4 aromatic heterocycles. The first-order chi connectivity index (χ1) is 43.8. The lowest BCUT2D eigenvalue weighted by Crippen LogP contribution is -2.32. The molecule has 1 aliphatic rings. The van der Waals surface area contributed by atoms with Crippen molar-refractivity contribution in [2.75, 3.05) is 0 Å². The molecule has 0 N–H and O–H groups in total. The van der Waals surface area contributed by atoms with Crippen LogP contribution in [0.25, 0.3) is 45.0 Å². The standard InChI is InChI=1S/2C18H24N.C17H20N.C17H22N/c1-6-15-12-19(5)18(11-17(15)13(2)3)16-10-8-7-9-14(16)4;1-6-15-11-18(16-10-8-7-9-14(16)4)19(5)12-17(15)13(2)3;1-13-7-3-6-10-16(13)17-11-14-8-4-5-9-15(14)12-18(17)2;1-5-14-11-17(18(4)12-15(14)6-2)16-10-8-7-9-13(16)3/h2*7-13H,6H2,1-5H3;3,6-7,10-12H,4-5,8-9H2,1-2H3;7-12H,5-6H2,1-4H3/q4*+1/i2*2D3,6D2,13D;;1D3,2D3,5D2,6D2. The van der Waals surface area contributed by atoms with Gasteiger partial charge in [-0.1, -0.05) is 128 Å². The fourth-order valence-electron chi connectivity index (χ4n) is 9.51. The Hall–Kier alpha value is -6.52. The highest BCUT2D eigenvalue weighted by Crippen LogP contribution is 2.29. The number of rotatable bonds is 10. The number of aryl methyl sites for hydroxylation is 14. The van der Waals surface area contributed by atoms with Crippen molar-refractivity contribution in [2.45, 2.75) is 146 Å². The van der Waals surface area contributed by atoms with Gasteiger partial charge in [-0.2, -0.15) is 0 Å². The first-order valence-electron chi connectivity index (χ1n) is 36.2. The Bertz CT molecular complexity index is 4090. The highest BCUT2D eigenvalue weighted by molar-refractivity contribution is 5.64. The predicted molar refractivity (Wildman–Crippen MR) is 313 cm³/mol. The zero-order valence-electron chi connectivity index (χ0n) is 67.5. The average Bonchev–Trinajstić information content (AvgIpc) is 0.835. The van der Waals surface area contributed by atoms with E-state index in [9.17, 15) is 0 Å². The number of benzene rings is 4. The molecule has 2 atom stereocenters. The maximum Gasteiger partial charge on any atom is 0.212 e. The lowest BCUT2D eigenvalue weighted by molar-refractivity contribution is -0.661. The second-order valence-electron chi connectivity index (χ2n) is 19.1. The summed E-state index contributed by atoms with van der Waals surface area (Å²) in [7, 11) is 7.33. The second kappa shape index (κ2) is 26.6. The van der Waals surface area contributed by atoms with E-state index in [0.717, 1.165) is 39.2 Å². The summed E-state index contributed by atoms with van der Waals surface area (Å²) in [4.78, 5) is 0. The van der Waals surface area contributed by atoms with E-state index in [1.165, 1.54) is 87.0 Å². The lowest BCUT2D eigenvalue weighted by Gasteiger charge is -2.15. The van der Waals surface area contributed by atoms with E-state index in [2.05, 4.69) is 55.1 Å². The molecule has 9 rings (SSSR count). The summed E-state index contributed by atoms with van der Waals surface area (Å²) in [5.41, 5.74) is 14.4. The summed E-state index contributed by atoms with van der Waals surface area (Å²) >= 11 is 0. The van der Waals surface area contributed by atoms with Crippen LogP contribution in [0, 0.1) is 27.7 Å². The van der Waals surface area contributed by atoms with E-state index in [-0.39, 0.29) is 22.3 Å². The van der Waals surface area contributed by atoms with Crippen molar-refractivity contribution in [2.24, 2.45) is 28.2 Å². The molecule has 0 fully saturated rings. The topological polar surface area (TPSA) is 15.5 Å². The Morgan fingerprint density at radius 2 is 0.811 bits per heavy atom. The minimum absolute atomic E-state index is 0.180. The molecule has 74 heavy (non-hydrogen) atoms. The molecule has 4 heteroatoms. The van der Waals surface area contributed by atoms with Crippen molar-refractivity contribution in [1.29, 1.82) is 0 Å². The molecule has 0 saturated heterocycles. The highest BCUT2D eigenvalue weighted by atomic mass is 14.9. The molecule has 0 bridgehead atoms. The van der Waals surface area contributed by atoms with E-state index in [1.54, 1.807) is 78.1 Å². The average molecular weight is 1010 g/mol. The van der Waals surface area contributed by atoms with Crippen LogP contribution in [-0.4, -0.2) is 0 Å². The summed E-state index contributed by atoms with van der Waals surface area (Å²) in [5.74, 6) is -3.83. The van der Waals surface area contributed by atoms with Gasteiger partial charge in [-0.3, -0.25) is 0 Å². The normalized spacial score (nSPS) is 19.2. The van der Waals surface area contributed by atoms with Crippen molar-refractivity contribution >= 4 is 0 Å². The van der Waals surface area contributed by atoms with Crippen molar-refractivity contribution < 1.29 is 48.4 Å². The zero-order chi connectivity index (χ0) is 72.7. The molecular formula is C70H90N4+4. The quantitative estimate of drug-likeness (QED) is 0.121. The van der Waals surface area contributed by atoms with E-state index in [1.807, 2.05) is 81.4 Å². The Morgan fingerprint density at radius 1 is 0.432 bits per heavy atom. The third-order valence-corrected chi connectivity index (χ3v) is 13.7. The number of nitrogens with zero attached hydrogens (tertiary/aromatic N) is 4. The van der Waals surface area contributed by atoms with Crippen LogP contribution in [0.15, 0.2) is 146 Å². The van der Waals surface area contributed by atoms with Gasteiger partial charge in [0.2, 0.25) is 22.8 Å². The predicted octanol–water partition coefficient (Wildman–Crippen LogP) is 15.3. The number of pyridine rings is 4. The molecule has 386 valence electrons. The summed E-state index contributed by atoms with van der Waals surface area (Å²) in [6.45, 7) is 2.02. The van der Waals surface area contributed by atoms with Crippen molar-refractivity contribution in [3.05, 3.63) is 213 Å². The van der Waals surface area contributed by atoms with Gasteiger partial charge in [0, 0.05) is 98.9 Å². The van der Waals surface area contributed by atoms with Gasteiger partial charge in [-0.05, 0) is 159 Å². The van der Waals surface area contributed by atoms with E-state index >= 15 is 0 Å². The SMILES string of the molecule is Cc1ccccc1-c1cc2c(c[n+]1C)CCCC2.[2H]C([2H])(C)c1c[n+](C)c(-c2ccccc2C)cc1C([2H])(C)C([2H])([2H])[2H].[2H]C([2H])(C)c1cc(-c2ccccc2C)[n+](C)cc1C([2H])(C)C([2H])([2H])[2H].[2H]C([2H])([2H])C([2H])([2H])c1cc(-c2ccccc2C)[n+](C)cc1C([2H])([2H])C([2H])([2H])[2H]. The molecule has 1 aliphatic carbocycles. The maximum absolute atomic E-state index is 8.48. The van der Waals surface area contributed by atoms with E-state index < -0.39 is 75.8 Å². The molecule has 4 heterocycles. The summed E-state index contributed by atoms with van der Waals surface area (Å²) in [6, 6.07) is 38.3. The van der Waals surface area contributed by atoms with Crippen LogP contribution in [-0.2, 0) is 66.5 Å². The van der Waals surface area contributed by atoms with Gasteiger partial charge < -0.3 is 0 Å². The minimum atomic E-state index is -3.12. The number of fused-ring (bicyclic) bond motifs is 1. The van der Waals surface area contributed by atoms with Crippen LogP contribution in [0.3, 0.4) is 0 Å². The van der Waals surface area contributed by atoms with Crippen LogP contribution in [0.5, 0.6) is 0 Å². The molecule has 0 saturated carbocycles. The van der Waals surface area contributed by atoms with Gasteiger partial charge in [0.1, 0.15) is 28.2 Å². The first kappa shape index (κ1) is 33.4. The fourth-order valence-corrected chi connectivity index (χ4v) is 9.51. The molecule has 0 amide bonds. The second-order valence-corrected chi connectivity index (χ2v) is 19.1. The van der Waals surface area contributed by atoms with Gasteiger partial charge in [0.05, 0.1) is 0 Å². The maximum atomic E-state index is 8.48. The Kier molecular flexibility index (Phi) is 12.0. The summed E-state index contributed by atoms with van der Waals surface area (Å²) < 4.78 is 181. The van der Waals surface area contributed by atoms with Crippen LogP contribution >= 0.6 is 0 Å². The van der Waals surface area contributed by atoms with E-state index in [0.29, 0.717) is 11.3 Å². The van der Waals surface area contributed by atoms with Crippen LogP contribution in [0.4, 0.5) is 0 Å². The van der Waals surface area contributed by atoms with E-state index in [4.69, 9.17) is 30.2 Å². The van der Waals surface area contributed by atoms with Crippen molar-refractivity contribution in [3.8, 4) is 45.0 Å². The Balaban J connectivity index is 0.000000204. The number of hydrogen-bond donors (Lipinski definition) is 0. The zero-order valence-corrected chi connectivity index (χ0v) is 45.5. The van der Waals surface area contributed by atoms with Crippen LogP contribution in [0.1, 0.15) is 177 Å². The smallest absolute Gasteiger partial charge is 0.201 e. The third-order valence-electron chi connectivity index (χ3n) is 13.7. The summed E-state index contributed by atoms with van der Waals surface area (Å²) in [5, 5.41) is 0. The molecule has 0 aliphatic heterocycles. The van der Waals surface area contributed by atoms with Gasteiger partial charge in [-0.25, -0.2) is 18.3 Å². The van der Waals surface area contributed by atoms with Crippen LogP contribution < -0.4 is 18.3 Å². The fraction of sp³-hybridized carbons (Fsp3) is 0.371. The molecule has 4 nitrogen and oxygen atoms in total. The molecule has 8 aromatic rings. The van der Waals surface area contributed by atoms with Gasteiger partial charge in [0.25, 0.3) is 0 Å². The summed E-state index contributed by atoms with van der Waals surface area (Å²) in [6.07, 6.45) is 2.45. The number of aromatic nitrogens is 4. The largest absolute Gasteiger partial charge is 0.212 e. The van der Waals surface area contributed by atoms with Crippen molar-refractivity contribution in [1.82, 2.24) is 0 Å². The van der Waals surface area contributed by atoms with Gasteiger partial charge in [-0.15, -0.1) is 0 Å². The third kappa shape index (κ3) is 13.8. The molecular weight excluding hydrogens is 897 g/mol. The van der Waals surface area contributed by atoms with Crippen molar-refractivity contribution in [3.63, 3.8) is 0 Å². The van der Waals surface area contributed by atoms with Gasteiger partial charge in [0.15, 0.2) is 24.8 Å².